The fraction of sp³-hybridized carbons (Fsp3) is 0.364. The number of nitrogens with zero attached hydrogens (tertiary/aromatic N) is 1. The van der Waals surface area contributed by atoms with Gasteiger partial charge in [-0.3, -0.25) is 4.79 Å². The largest absolute Gasteiger partial charge is 0.385 e. The van der Waals surface area contributed by atoms with E-state index in [2.05, 4.69) is 16.0 Å². The molecule has 0 saturated heterocycles. The number of urea groups is 1. The molecule has 7 heteroatoms. The third-order valence-corrected chi connectivity index (χ3v) is 4.44. The minimum absolute atomic E-state index is 0.190. The molecule has 0 aliphatic rings. The Morgan fingerprint density at radius 3 is 2.52 bits per heavy atom. The Hall–Kier alpha value is -3.06. The second-order valence-electron chi connectivity index (χ2n) is 6.82. The maximum Gasteiger partial charge on any atom is 0.323 e. The molecule has 2 rings (SSSR count). The van der Waals surface area contributed by atoms with E-state index < -0.39 is 0 Å². The molecular weight excluding hydrogens is 368 g/mol. The first kappa shape index (κ1) is 22.2. The zero-order chi connectivity index (χ0) is 21.2. The Morgan fingerprint density at radius 1 is 1.07 bits per heavy atom. The van der Waals surface area contributed by atoms with Crippen molar-refractivity contribution in [1.29, 1.82) is 0 Å². The highest BCUT2D eigenvalue weighted by molar-refractivity contribution is 6.04. The van der Waals surface area contributed by atoms with Gasteiger partial charge < -0.3 is 25.6 Å². The molecule has 3 N–H and O–H groups in total. The molecule has 2 aromatic rings. The minimum atomic E-state index is -0.352. The fourth-order valence-electron chi connectivity index (χ4n) is 2.93. The molecule has 0 aliphatic heterocycles. The van der Waals surface area contributed by atoms with E-state index >= 15 is 0 Å². The van der Waals surface area contributed by atoms with E-state index in [4.69, 9.17) is 4.74 Å². The van der Waals surface area contributed by atoms with Crippen molar-refractivity contribution in [2.45, 2.75) is 19.8 Å². The highest BCUT2D eigenvalue weighted by Crippen LogP contribution is 2.23. The standard InChI is InChI=1S/C22H30N4O3/c1-5-16-9-6-7-10-19(16)25-22(28)24-17-11-12-20(26(2)3)18(15-17)21(27)23-13-8-14-29-4/h6-7,9-12,15H,5,8,13-14H2,1-4H3,(H,23,27)(H2,24,25,28). The molecule has 2 aromatic carbocycles. The van der Waals surface area contributed by atoms with Gasteiger partial charge in [-0.05, 0) is 42.7 Å². The Bertz CT molecular complexity index is 837. The van der Waals surface area contributed by atoms with Crippen molar-refractivity contribution in [3.05, 3.63) is 53.6 Å². The highest BCUT2D eigenvalue weighted by Gasteiger charge is 2.15. The molecule has 7 nitrogen and oxygen atoms in total. The van der Waals surface area contributed by atoms with E-state index in [-0.39, 0.29) is 11.9 Å². The predicted molar refractivity (Wildman–Crippen MR) is 118 cm³/mol. The summed E-state index contributed by atoms with van der Waals surface area (Å²) in [4.78, 5) is 27.0. The summed E-state index contributed by atoms with van der Waals surface area (Å²) in [7, 11) is 5.38. The van der Waals surface area contributed by atoms with Gasteiger partial charge in [-0.1, -0.05) is 25.1 Å². The third kappa shape index (κ3) is 6.50. The molecular formula is C22H30N4O3. The van der Waals surface area contributed by atoms with E-state index in [0.29, 0.717) is 24.4 Å². The first-order chi connectivity index (χ1) is 14.0. The van der Waals surface area contributed by atoms with Crippen molar-refractivity contribution in [2.75, 3.05) is 49.9 Å². The van der Waals surface area contributed by atoms with Crippen LogP contribution in [0.15, 0.2) is 42.5 Å². The second-order valence-corrected chi connectivity index (χ2v) is 6.82. The number of carbonyl (C=O) groups is 2. The number of carbonyl (C=O) groups excluding carboxylic acids is 2. The molecule has 0 radical (unpaired) electrons. The number of para-hydroxylation sites is 1. The van der Waals surface area contributed by atoms with Crippen LogP contribution in [-0.2, 0) is 11.2 Å². The van der Waals surface area contributed by atoms with E-state index in [1.807, 2.05) is 56.3 Å². The van der Waals surface area contributed by atoms with Gasteiger partial charge in [0.15, 0.2) is 0 Å². The third-order valence-electron chi connectivity index (χ3n) is 4.44. The maximum atomic E-state index is 12.6. The number of anilines is 3. The Labute approximate surface area is 172 Å². The van der Waals surface area contributed by atoms with Crippen LogP contribution in [-0.4, -0.2) is 46.3 Å². The van der Waals surface area contributed by atoms with Crippen molar-refractivity contribution in [1.82, 2.24) is 5.32 Å². The van der Waals surface area contributed by atoms with Crippen molar-refractivity contribution >= 4 is 29.0 Å². The number of amides is 3. The number of hydrogen-bond acceptors (Lipinski definition) is 4. The molecule has 0 aromatic heterocycles. The summed E-state index contributed by atoms with van der Waals surface area (Å²) >= 11 is 0. The predicted octanol–water partition coefficient (Wildman–Crippen LogP) is 3.73. The summed E-state index contributed by atoms with van der Waals surface area (Å²) in [6.45, 7) is 3.14. The van der Waals surface area contributed by atoms with Crippen molar-refractivity contribution < 1.29 is 14.3 Å². The lowest BCUT2D eigenvalue weighted by molar-refractivity contribution is 0.0949. The summed E-state index contributed by atoms with van der Waals surface area (Å²) in [6.07, 6.45) is 1.55. The van der Waals surface area contributed by atoms with Crippen LogP contribution in [0.3, 0.4) is 0 Å². The second kappa shape index (κ2) is 11.1. The monoisotopic (exact) mass is 398 g/mol. The average molecular weight is 399 g/mol. The summed E-state index contributed by atoms with van der Waals surface area (Å²) in [5.41, 5.74) is 3.65. The quantitative estimate of drug-likeness (QED) is 0.562. The van der Waals surface area contributed by atoms with Crippen LogP contribution >= 0.6 is 0 Å². The summed E-state index contributed by atoms with van der Waals surface area (Å²) in [5, 5.41) is 8.57. The molecule has 29 heavy (non-hydrogen) atoms. The van der Waals surface area contributed by atoms with Gasteiger partial charge in [-0.15, -0.1) is 0 Å². The molecule has 0 atom stereocenters. The van der Waals surface area contributed by atoms with Gasteiger partial charge in [0, 0.05) is 51.4 Å². The average Bonchev–Trinajstić information content (AvgIpc) is 2.71. The van der Waals surface area contributed by atoms with Crippen LogP contribution in [0.1, 0.15) is 29.3 Å². The summed E-state index contributed by atoms with van der Waals surface area (Å²) < 4.78 is 5.01. The van der Waals surface area contributed by atoms with E-state index in [9.17, 15) is 9.59 Å². The van der Waals surface area contributed by atoms with Crippen molar-refractivity contribution in [3.8, 4) is 0 Å². The molecule has 0 spiro atoms. The van der Waals surface area contributed by atoms with E-state index in [1.165, 1.54) is 0 Å². The van der Waals surface area contributed by atoms with Gasteiger partial charge in [-0.2, -0.15) is 0 Å². The summed E-state index contributed by atoms with van der Waals surface area (Å²) in [5.74, 6) is -0.190. The number of aryl methyl sites for hydroxylation is 1. The maximum absolute atomic E-state index is 12.6. The zero-order valence-corrected chi connectivity index (χ0v) is 17.5. The normalized spacial score (nSPS) is 10.3. The smallest absolute Gasteiger partial charge is 0.323 e. The minimum Gasteiger partial charge on any atom is -0.385 e. The lowest BCUT2D eigenvalue weighted by Crippen LogP contribution is -2.27. The summed E-state index contributed by atoms with van der Waals surface area (Å²) in [6, 6.07) is 12.6. The van der Waals surface area contributed by atoms with Gasteiger partial charge in [0.1, 0.15) is 0 Å². The van der Waals surface area contributed by atoms with Gasteiger partial charge in [0.2, 0.25) is 0 Å². The molecule has 0 fully saturated rings. The number of rotatable bonds is 9. The lowest BCUT2D eigenvalue weighted by Gasteiger charge is -2.19. The van der Waals surface area contributed by atoms with Crippen LogP contribution in [0.2, 0.25) is 0 Å². The topological polar surface area (TPSA) is 82.7 Å². The van der Waals surface area contributed by atoms with Crippen LogP contribution in [0.5, 0.6) is 0 Å². The molecule has 0 saturated carbocycles. The van der Waals surface area contributed by atoms with Crippen LogP contribution in [0, 0.1) is 0 Å². The van der Waals surface area contributed by atoms with Gasteiger partial charge in [0.05, 0.1) is 5.56 Å². The van der Waals surface area contributed by atoms with Gasteiger partial charge in [0.25, 0.3) is 5.91 Å². The molecule has 3 amide bonds. The molecule has 156 valence electrons. The van der Waals surface area contributed by atoms with Crippen molar-refractivity contribution in [3.63, 3.8) is 0 Å². The first-order valence-electron chi connectivity index (χ1n) is 9.70. The molecule has 0 bridgehead atoms. The van der Waals surface area contributed by atoms with Gasteiger partial charge in [-0.25, -0.2) is 4.79 Å². The van der Waals surface area contributed by atoms with Crippen molar-refractivity contribution in [2.24, 2.45) is 0 Å². The zero-order valence-electron chi connectivity index (χ0n) is 17.5. The number of nitrogens with one attached hydrogen (secondary N) is 3. The van der Waals surface area contributed by atoms with E-state index in [0.717, 1.165) is 29.8 Å². The molecule has 0 aliphatic carbocycles. The SMILES string of the molecule is CCc1ccccc1NC(=O)Nc1ccc(N(C)C)c(C(=O)NCCCOC)c1. The Kier molecular flexibility index (Phi) is 8.48. The number of benzene rings is 2. The van der Waals surface area contributed by atoms with Crippen LogP contribution in [0.4, 0.5) is 21.9 Å². The van der Waals surface area contributed by atoms with Gasteiger partial charge >= 0.3 is 6.03 Å². The van der Waals surface area contributed by atoms with Crippen LogP contribution < -0.4 is 20.9 Å². The Balaban J connectivity index is 2.12. The molecule has 0 heterocycles. The number of hydrogen-bond donors (Lipinski definition) is 3. The first-order valence-corrected chi connectivity index (χ1v) is 9.70. The van der Waals surface area contributed by atoms with Crippen LogP contribution in [0.25, 0.3) is 0 Å². The number of ether oxygens (including phenoxy) is 1. The fourth-order valence-corrected chi connectivity index (χ4v) is 2.93. The lowest BCUT2D eigenvalue weighted by atomic mass is 10.1. The number of methoxy groups -OCH3 is 1. The molecule has 0 unspecified atom stereocenters. The highest BCUT2D eigenvalue weighted by atomic mass is 16.5. The Morgan fingerprint density at radius 2 is 1.83 bits per heavy atom. The van der Waals surface area contributed by atoms with E-state index in [1.54, 1.807) is 19.2 Å².